The summed E-state index contributed by atoms with van der Waals surface area (Å²) in [6, 6.07) is 0. The van der Waals surface area contributed by atoms with Gasteiger partial charge in [-0.25, -0.2) is 0 Å². The van der Waals surface area contributed by atoms with Crippen molar-refractivity contribution in [3.63, 3.8) is 0 Å². The van der Waals surface area contributed by atoms with Gasteiger partial charge in [0.05, 0.1) is 0 Å². The quantitative estimate of drug-likeness (QED) is 0.632. The molecular weight excluding hydrogens is 176 g/mol. The standard InChI is InChI=1S/C6H10N4OS/c1-7-6(12)8-3-2-5-9-4-10-11-5/h4H,2-3H2,1H3,(H2,7,8,12). The van der Waals surface area contributed by atoms with Gasteiger partial charge in [-0.3, -0.25) is 0 Å². The van der Waals surface area contributed by atoms with E-state index in [0.29, 0.717) is 24.0 Å². The molecule has 0 spiro atoms. The molecule has 0 aliphatic carbocycles. The largest absolute Gasteiger partial charge is 0.366 e. The summed E-state index contributed by atoms with van der Waals surface area (Å²) in [5, 5.41) is 9.86. The van der Waals surface area contributed by atoms with Crippen LogP contribution in [0.2, 0.25) is 0 Å². The predicted molar refractivity (Wildman–Crippen MR) is 47.7 cm³/mol. The van der Waals surface area contributed by atoms with Gasteiger partial charge in [0.15, 0.2) is 11.4 Å². The molecule has 0 radical (unpaired) electrons. The molecule has 1 aromatic rings. The van der Waals surface area contributed by atoms with Crippen LogP contribution in [0.25, 0.3) is 0 Å². The minimum Gasteiger partial charge on any atom is -0.366 e. The first-order valence-electron chi connectivity index (χ1n) is 3.54. The second kappa shape index (κ2) is 4.66. The van der Waals surface area contributed by atoms with Crippen molar-refractivity contribution in [1.82, 2.24) is 20.8 Å². The van der Waals surface area contributed by atoms with Crippen LogP contribution in [0.1, 0.15) is 5.89 Å². The van der Waals surface area contributed by atoms with E-state index in [2.05, 4.69) is 20.8 Å². The molecule has 66 valence electrons. The van der Waals surface area contributed by atoms with E-state index < -0.39 is 0 Å². The maximum atomic E-state index is 4.86. The van der Waals surface area contributed by atoms with E-state index in [1.807, 2.05) is 0 Å². The van der Waals surface area contributed by atoms with E-state index in [1.54, 1.807) is 7.05 Å². The third kappa shape index (κ3) is 2.83. The molecule has 12 heavy (non-hydrogen) atoms. The first-order chi connectivity index (χ1) is 5.83. The Labute approximate surface area is 75.5 Å². The minimum absolute atomic E-state index is 0.612. The summed E-state index contributed by atoms with van der Waals surface area (Å²) >= 11 is 4.86. The van der Waals surface area contributed by atoms with Gasteiger partial charge in [-0.2, -0.15) is 4.98 Å². The summed E-state index contributed by atoms with van der Waals surface area (Å²) in [4.78, 5) is 3.86. The Balaban J connectivity index is 2.15. The fourth-order valence-electron chi connectivity index (χ4n) is 0.677. The number of hydrogen-bond donors (Lipinski definition) is 2. The Hall–Kier alpha value is -1.17. The number of nitrogens with one attached hydrogen (secondary N) is 2. The number of hydrogen-bond acceptors (Lipinski definition) is 4. The normalized spacial score (nSPS) is 9.42. The second-order valence-electron chi connectivity index (χ2n) is 2.09. The lowest BCUT2D eigenvalue weighted by Crippen LogP contribution is -2.33. The predicted octanol–water partition coefficient (Wildman–Crippen LogP) is -0.294. The van der Waals surface area contributed by atoms with E-state index in [0.717, 1.165) is 0 Å². The van der Waals surface area contributed by atoms with Crippen molar-refractivity contribution < 1.29 is 4.52 Å². The molecule has 0 aliphatic rings. The molecule has 1 aromatic heterocycles. The lowest BCUT2D eigenvalue weighted by atomic mass is 10.4. The number of rotatable bonds is 3. The number of nitrogens with zero attached hydrogens (tertiary/aromatic N) is 2. The first kappa shape index (κ1) is 8.92. The van der Waals surface area contributed by atoms with E-state index in [9.17, 15) is 0 Å². The summed E-state index contributed by atoms with van der Waals surface area (Å²) in [5.41, 5.74) is 0. The molecule has 0 atom stereocenters. The monoisotopic (exact) mass is 186 g/mol. The molecule has 0 amide bonds. The summed E-state index contributed by atoms with van der Waals surface area (Å²) in [6.45, 7) is 0.696. The van der Waals surface area contributed by atoms with Crippen molar-refractivity contribution >= 4 is 17.3 Å². The SMILES string of the molecule is CNC(=S)NCCc1ncno1. The molecule has 2 N–H and O–H groups in total. The highest BCUT2D eigenvalue weighted by Gasteiger charge is 1.97. The number of thiocarbonyl (C=S) groups is 1. The lowest BCUT2D eigenvalue weighted by Gasteiger charge is -2.03. The van der Waals surface area contributed by atoms with Crippen molar-refractivity contribution in [3.8, 4) is 0 Å². The molecule has 0 aromatic carbocycles. The Morgan fingerprint density at radius 1 is 1.75 bits per heavy atom. The van der Waals surface area contributed by atoms with E-state index in [1.165, 1.54) is 6.33 Å². The molecule has 6 heteroatoms. The van der Waals surface area contributed by atoms with Gasteiger partial charge in [-0.05, 0) is 12.2 Å². The maximum Gasteiger partial charge on any atom is 0.228 e. The third-order valence-corrected chi connectivity index (χ3v) is 1.61. The zero-order valence-electron chi connectivity index (χ0n) is 6.70. The summed E-state index contributed by atoms with van der Waals surface area (Å²) in [5.74, 6) is 0.612. The van der Waals surface area contributed by atoms with Gasteiger partial charge in [-0.15, -0.1) is 0 Å². The Bertz CT molecular complexity index is 236. The van der Waals surface area contributed by atoms with Crippen LogP contribution < -0.4 is 10.6 Å². The smallest absolute Gasteiger partial charge is 0.228 e. The molecule has 0 fully saturated rings. The van der Waals surface area contributed by atoms with Crippen molar-refractivity contribution in [1.29, 1.82) is 0 Å². The molecule has 0 bridgehead atoms. The average molecular weight is 186 g/mol. The molecule has 1 rings (SSSR count). The van der Waals surface area contributed by atoms with Gasteiger partial charge >= 0.3 is 0 Å². The Morgan fingerprint density at radius 2 is 2.58 bits per heavy atom. The highest BCUT2D eigenvalue weighted by Crippen LogP contribution is 1.89. The molecule has 1 heterocycles. The molecule has 0 saturated heterocycles. The van der Waals surface area contributed by atoms with Crippen LogP contribution in [0.15, 0.2) is 10.9 Å². The first-order valence-corrected chi connectivity index (χ1v) is 3.95. The van der Waals surface area contributed by atoms with Crippen LogP contribution in [0.4, 0.5) is 0 Å². The van der Waals surface area contributed by atoms with Crippen molar-refractivity contribution in [2.45, 2.75) is 6.42 Å². The third-order valence-electron chi connectivity index (χ3n) is 1.26. The average Bonchev–Trinajstić information content (AvgIpc) is 2.57. The van der Waals surface area contributed by atoms with E-state index >= 15 is 0 Å². The minimum atomic E-state index is 0.612. The van der Waals surface area contributed by atoms with Crippen molar-refractivity contribution in [3.05, 3.63) is 12.2 Å². The second-order valence-corrected chi connectivity index (χ2v) is 2.50. The van der Waals surface area contributed by atoms with Gasteiger partial charge < -0.3 is 15.2 Å². The molecule has 0 aliphatic heterocycles. The van der Waals surface area contributed by atoms with Gasteiger partial charge in [0.2, 0.25) is 5.89 Å². The van der Waals surface area contributed by atoms with Crippen LogP contribution in [-0.4, -0.2) is 28.8 Å². The van der Waals surface area contributed by atoms with Crippen LogP contribution >= 0.6 is 12.2 Å². The summed E-state index contributed by atoms with van der Waals surface area (Å²) in [6.07, 6.45) is 2.06. The Morgan fingerprint density at radius 3 is 3.17 bits per heavy atom. The van der Waals surface area contributed by atoms with Crippen LogP contribution in [-0.2, 0) is 6.42 Å². The van der Waals surface area contributed by atoms with Crippen LogP contribution in [0.5, 0.6) is 0 Å². The van der Waals surface area contributed by atoms with Crippen LogP contribution in [0.3, 0.4) is 0 Å². The van der Waals surface area contributed by atoms with Gasteiger partial charge in [0, 0.05) is 20.0 Å². The maximum absolute atomic E-state index is 4.86. The highest BCUT2D eigenvalue weighted by molar-refractivity contribution is 7.80. The summed E-state index contributed by atoms with van der Waals surface area (Å²) < 4.78 is 4.78. The van der Waals surface area contributed by atoms with Gasteiger partial charge in [-0.1, -0.05) is 5.16 Å². The van der Waals surface area contributed by atoms with Crippen LogP contribution in [0, 0.1) is 0 Å². The van der Waals surface area contributed by atoms with Crippen molar-refractivity contribution in [2.24, 2.45) is 0 Å². The Kier molecular flexibility index (Phi) is 3.46. The van der Waals surface area contributed by atoms with E-state index in [-0.39, 0.29) is 0 Å². The van der Waals surface area contributed by atoms with Gasteiger partial charge in [0.25, 0.3) is 0 Å². The fourth-order valence-corrected chi connectivity index (χ4v) is 0.780. The van der Waals surface area contributed by atoms with Crippen molar-refractivity contribution in [2.75, 3.05) is 13.6 Å². The zero-order chi connectivity index (χ0) is 8.81. The molecule has 0 unspecified atom stereocenters. The zero-order valence-corrected chi connectivity index (χ0v) is 7.52. The topological polar surface area (TPSA) is 63.0 Å². The highest BCUT2D eigenvalue weighted by atomic mass is 32.1. The lowest BCUT2D eigenvalue weighted by molar-refractivity contribution is 0.377. The fraction of sp³-hybridized carbons (Fsp3) is 0.500. The van der Waals surface area contributed by atoms with Gasteiger partial charge in [0.1, 0.15) is 0 Å². The molecule has 0 saturated carbocycles. The van der Waals surface area contributed by atoms with E-state index in [4.69, 9.17) is 16.7 Å². The molecular formula is C6H10N4OS. The summed E-state index contributed by atoms with van der Waals surface area (Å²) in [7, 11) is 1.77. The number of aromatic nitrogens is 2. The molecule has 5 nitrogen and oxygen atoms in total.